The second-order valence-corrected chi connectivity index (χ2v) is 11.4. The number of aromatic amines is 1. The highest BCUT2D eigenvalue weighted by atomic mass is 16.6. The Bertz CT molecular complexity index is 1560. The molecule has 208 valence electrons. The summed E-state index contributed by atoms with van der Waals surface area (Å²) in [6.07, 6.45) is 6.62. The first-order chi connectivity index (χ1) is 19.3. The Labute approximate surface area is 231 Å². The molecule has 0 radical (unpaired) electrons. The molecular formula is C30H33N5O5. The van der Waals surface area contributed by atoms with E-state index < -0.39 is 10.8 Å². The number of aromatic nitrogens is 1. The van der Waals surface area contributed by atoms with Crippen LogP contribution in [0.15, 0.2) is 47.3 Å². The summed E-state index contributed by atoms with van der Waals surface area (Å²) in [6.45, 7) is 0. The molecule has 3 aromatic rings. The first kappa shape index (κ1) is 26.0. The van der Waals surface area contributed by atoms with Crippen LogP contribution in [0.25, 0.3) is 10.9 Å². The number of fused-ring (bicyclic) bond motifs is 2. The van der Waals surface area contributed by atoms with Crippen molar-refractivity contribution in [3.63, 3.8) is 0 Å². The number of rotatable bonds is 7. The van der Waals surface area contributed by atoms with Crippen LogP contribution < -0.4 is 21.5 Å². The molecule has 4 N–H and O–H groups in total. The summed E-state index contributed by atoms with van der Waals surface area (Å²) in [6, 6.07) is 11.2. The van der Waals surface area contributed by atoms with Gasteiger partial charge in [-0.3, -0.25) is 24.5 Å². The summed E-state index contributed by atoms with van der Waals surface area (Å²) >= 11 is 0. The fraction of sp³-hybridized carbons (Fsp3) is 0.433. The van der Waals surface area contributed by atoms with Crippen LogP contribution in [-0.2, 0) is 0 Å². The SMILES string of the molecule is CNC(=O)c1cc(C2CC2)cc([N+](=O)[O-])c1N[C@@H]1CC2CCCC2C[C@@H]1NC(=O)c1cc(=O)[nH]c2ccccc12. The number of nitro groups is 1. The molecular weight excluding hydrogens is 510 g/mol. The van der Waals surface area contributed by atoms with Crippen LogP contribution in [0.2, 0.25) is 0 Å². The molecule has 1 heterocycles. The Morgan fingerprint density at radius 3 is 2.38 bits per heavy atom. The number of benzene rings is 2. The molecule has 40 heavy (non-hydrogen) atoms. The molecule has 0 spiro atoms. The number of carbonyl (C=O) groups excluding carboxylic acids is 2. The zero-order valence-electron chi connectivity index (χ0n) is 22.4. The average molecular weight is 544 g/mol. The van der Waals surface area contributed by atoms with E-state index in [1.165, 1.54) is 13.1 Å². The summed E-state index contributed by atoms with van der Waals surface area (Å²) in [7, 11) is 1.51. The van der Waals surface area contributed by atoms with E-state index in [1.807, 2.05) is 6.07 Å². The molecule has 0 aliphatic heterocycles. The lowest BCUT2D eigenvalue weighted by atomic mass is 9.76. The van der Waals surface area contributed by atoms with Gasteiger partial charge in [0.1, 0.15) is 5.69 Å². The number of pyridine rings is 1. The molecule has 0 saturated heterocycles. The third-order valence-electron chi connectivity index (χ3n) is 8.91. The molecule has 10 nitrogen and oxygen atoms in total. The molecule has 1 aromatic heterocycles. The predicted molar refractivity (Wildman–Crippen MR) is 152 cm³/mol. The lowest BCUT2D eigenvalue weighted by Crippen LogP contribution is -2.52. The van der Waals surface area contributed by atoms with Crippen LogP contribution in [0.5, 0.6) is 0 Å². The molecule has 6 rings (SSSR count). The second-order valence-electron chi connectivity index (χ2n) is 11.4. The molecule has 3 aliphatic carbocycles. The van der Waals surface area contributed by atoms with Crippen LogP contribution in [0.4, 0.5) is 11.4 Å². The Morgan fingerprint density at radius 1 is 0.950 bits per heavy atom. The van der Waals surface area contributed by atoms with Gasteiger partial charge in [0.05, 0.1) is 16.1 Å². The van der Waals surface area contributed by atoms with Crippen molar-refractivity contribution in [2.45, 2.75) is 62.9 Å². The number of para-hydroxylation sites is 1. The molecule has 3 saturated carbocycles. The van der Waals surface area contributed by atoms with Gasteiger partial charge in [-0.15, -0.1) is 0 Å². The number of nitro benzene ring substituents is 1. The Morgan fingerprint density at radius 2 is 1.68 bits per heavy atom. The Balaban J connectivity index is 1.36. The summed E-state index contributed by atoms with van der Waals surface area (Å²) in [4.78, 5) is 53.5. The van der Waals surface area contributed by atoms with Gasteiger partial charge in [-0.1, -0.05) is 37.5 Å². The third-order valence-corrected chi connectivity index (χ3v) is 8.91. The number of hydrogen-bond acceptors (Lipinski definition) is 6. The van der Waals surface area contributed by atoms with Gasteiger partial charge >= 0.3 is 0 Å². The number of nitrogens with one attached hydrogen (secondary N) is 4. The summed E-state index contributed by atoms with van der Waals surface area (Å²) in [5, 5.41) is 22.1. The lowest BCUT2D eigenvalue weighted by Gasteiger charge is -2.40. The molecule has 3 aliphatic rings. The van der Waals surface area contributed by atoms with Crippen LogP contribution in [0, 0.1) is 22.0 Å². The number of H-pyrrole nitrogens is 1. The van der Waals surface area contributed by atoms with Crippen LogP contribution >= 0.6 is 0 Å². The van der Waals surface area contributed by atoms with Gasteiger partial charge < -0.3 is 20.9 Å². The third kappa shape index (κ3) is 4.94. The van der Waals surface area contributed by atoms with Crippen molar-refractivity contribution in [2.75, 3.05) is 12.4 Å². The van der Waals surface area contributed by atoms with Crippen LogP contribution in [0.3, 0.4) is 0 Å². The van der Waals surface area contributed by atoms with Crippen molar-refractivity contribution >= 4 is 34.1 Å². The van der Waals surface area contributed by atoms with Gasteiger partial charge in [0.2, 0.25) is 5.56 Å². The van der Waals surface area contributed by atoms with E-state index in [0.717, 1.165) is 50.5 Å². The summed E-state index contributed by atoms with van der Waals surface area (Å²) in [5.41, 5.74) is 1.63. The quantitative estimate of drug-likeness (QED) is 0.256. The first-order valence-corrected chi connectivity index (χ1v) is 14.1. The molecule has 2 aromatic carbocycles. The maximum atomic E-state index is 13.6. The van der Waals surface area contributed by atoms with E-state index in [-0.39, 0.29) is 52.0 Å². The van der Waals surface area contributed by atoms with Crippen LogP contribution in [-0.4, -0.2) is 40.9 Å². The van der Waals surface area contributed by atoms with Gasteiger partial charge in [0.15, 0.2) is 0 Å². The van der Waals surface area contributed by atoms with E-state index in [9.17, 15) is 24.5 Å². The topological polar surface area (TPSA) is 146 Å². The molecule has 10 heteroatoms. The number of carbonyl (C=O) groups is 2. The van der Waals surface area contributed by atoms with Gasteiger partial charge in [0.25, 0.3) is 17.5 Å². The Kier molecular flexibility index (Phi) is 6.77. The largest absolute Gasteiger partial charge is 0.374 e. The lowest BCUT2D eigenvalue weighted by molar-refractivity contribution is -0.384. The predicted octanol–water partition coefficient (Wildman–Crippen LogP) is 4.46. The monoisotopic (exact) mass is 543 g/mol. The molecule has 2 unspecified atom stereocenters. The minimum Gasteiger partial charge on any atom is -0.374 e. The minimum atomic E-state index is -0.433. The van der Waals surface area contributed by atoms with Crippen molar-refractivity contribution < 1.29 is 14.5 Å². The highest BCUT2D eigenvalue weighted by Crippen LogP contribution is 2.46. The minimum absolute atomic E-state index is 0.123. The molecule has 4 atom stereocenters. The standard InChI is InChI=1S/C30H33N5O5/c1-31-29(37)22-11-19(16-9-10-16)14-26(35(39)40)28(22)33-24-12-17-5-4-6-18(17)13-25(24)34-30(38)21-15-27(36)32-23-8-3-2-7-20(21)23/h2-3,7-8,11,14-18,24-25,33H,4-6,9-10,12-13H2,1H3,(H,31,37)(H,32,36)(H,34,38)/t17?,18?,24-,25+/m1/s1. The van der Waals surface area contributed by atoms with Gasteiger partial charge in [-0.05, 0) is 61.1 Å². The van der Waals surface area contributed by atoms with Crippen molar-refractivity contribution in [3.8, 4) is 0 Å². The second kappa shape index (κ2) is 10.4. The fourth-order valence-corrected chi connectivity index (χ4v) is 6.77. The van der Waals surface area contributed by atoms with Gasteiger partial charge in [0, 0.05) is 42.2 Å². The van der Waals surface area contributed by atoms with Crippen molar-refractivity contribution in [3.05, 3.63) is 79.6 Å². The van der Waals surface area contributed by atoms with Crippen molar-refractivity contribution in [1.82, 2.24) is 15.6 Å². The van der Waals surface area contributed by atoms with E-state index in [0.29, 0.717) is 22.7 Å². The maximum Gasteiger partial charge on any atom is 0.293 e. The highest BCUT2D eigenvalue weighted by Gasteiger charge is 2.41. The zero-order valence-corrected chi connectivity index (χ0v) is 22.4. The average Bonchev–Trinajstić information content (AvgIpc) is 3.70. The number of nitrogens with zero attached hydrogens (tertiary/aromatic N) is 1. The van der Waals surface area contributed by atoms with E-state index in [4.69, 9.17) is 0 Å². The maximum absolute atomic E-state index is 13.6. The Hall–Kier alpha value is -4.21. The molecule has 2 amide bonds. The number of anilines is 1. The van der Waals surface area contributed by atoms with Crippen molar-refractivity contribution in [2.24, 2.45) is 11.8 Å². The first-order valence-electron chi connectivity index (χ1n) is 14.1. The van der Waals surface area contributed by atoms with Gasteiger partial charge in [-0.25, -0.2) is 0 Å². The fourth-order valence-electron chi connectivity index (χ4n) is 6.77. The molecule has 0 bridgehead atoms. The normalized spacial score (nSPS) is 23.8. The van der Waals surface area contributed by atoms with E-state index >= 15 is 0 Å². The van der Waals surface area contributed by atoms with Crippen LogP contribution in [0.1, 0.15) is 77.1 Å². The summed E-state index contributed by atoms with van der Waals surface area (Å²) in [5.74, 6) is 0.379. The highest BCUT2D eigenvalue weighted by molar-refractivity contribution is 6.06. The summed E-state index contributed by atoms with van der Waals surface area (Å²) < 4.78 is 0. The number of hydrogen-bond donors (Lipinski definition) is 4. The zero-order chi connectivity index (χ0) is 28.0. The van der Waals surface area contributed by atoms with E-state index in [2.05, 4.69) is 20.9 Å². The molecule has 3 fully saturated rings. The smallest absolute Gasteiger partial charge is 0.293 e. The van der Waals surface area contributed by atoms with Gasteiger partial charge in [-0.2, -0.15) is 0 Å². The van der Waals surface area contributed by atoms with E-state index in [1.54, 1.807) is 30.3 Å². The van der Waals surface area contributed by atoms with Crippen molar-refractivity contribution in [1.29, 1.82) is 0 Å². The number of amides is 2.